The van der Waals surface area contributed by atoms with Crippen LogP contribution in [0, 0.1) is 13.8 Å². The highest BCUT2D eigenvalue weighted by molar-refractivity contribution is 5.95. The molecule has 1 aliphatic rings. The minimum Gasteiger partial charge on any atom is -0.379 e. The summed E-state index contributed by atoms with van der Waals surface area (Å²) in [6.07, 6.45) is 1.58. The summed E-state index contributed by atoms with van der Waals surface area (Å²) in [5.41, 5.74) is 3.25. The molecule has 0 spiro atoms. The van der Waals surface area contributed by atoms with Gasteiger partial charge in [0, 0.05) is 37.6 Å². The van der Waals surface area contributed by atoms with Gasteiger partial charge >= 0.3 is 0 Å². The van der Waals surface area contributed by atoms with E-state index in [0.29, 0.717) is 17.2 Å². The number of aromatic nitrogens is 2. The predicted octanol–water partition coefficient (Wildman–Crippen LogP) is 2.29. The molecule has 0 aliphatic carbocycles. The van der Waals surface area contributed by atoms with Crippen LogP contribution in [-0.4, -0.2) is 59.7 Å². The van der Waals surface area contributed by atoms with Gasteiger partial charge in [0.05, 0.1) is 24.5 Å². The Balaban J connectivity index is 1.58. The number of morpholine rings is 1. The Bertz CT molecular complexity index is 772. The highest BCUT2D eigenvalue weighted by Crippen LogP contribution is 2.15. The number of anilines is 2. The predicted molar refractivity (Wildman–Crippen MR) is 105 cm³/mol. The Labute approximate surface area is 160 Å². The van der Waals surface area contributed by atoms with Crippen molar-refractivity contribution in [2.24, 2.45) is 0 Å². The summed E-state index contributed by atoms with van der Waals surface area (Å²) in [6, 6.07) is 8.03. The van der Waals surface area contributed by atoms with Crippen LogP contribution < -0.4 is 10.6 Å². The Morgan fingerprint density at radius 2 is 1.93 bits per heavy atom. The zero-order chi connectivity index (χ0) is 19.2. The molecule has 3 rings (SSSR count). The summed E-state index contributed by atoms with van der Waals surface area (Å²) < 4.78 is 5.36. The Hall–Kier alpha value is -2.51. The molecule has 2 aromatic rings. The largest absolute Gasteiger partial charge is 0.379 e. The maximum atomic E-state index is 12.6. The van der Waals surface area contributed by atoms with Crippen LogP contribution in [0.25, 0.3) is 0 Å². The maximum Gasteiger partial charge on any atom is 0.254 e. The average molecular weight is 369 g/mol. The Morgan fingerprint density at radius 3 is 2.59 bits per heavy atom. The molecule has 1 fully saturated rings. The second-order valence-corrected chi connectivity index (χ2v) is 6.97. The molecule has 1 aromatic heterocycles. The van der Waals surface area contributed by atoms with Gasteiger partial charge in [0.2, 0.25) is 5.95 Å². The van der Waals surface area contributed by atoms with E-state index in [1.165, 1.54) is 5.56 Å². The molecule has 1 atom stereocenters. The molecule has 144 valence electrons. The monoisotopic (exact) mass is 369 g/mol. The summed E-state index contributed by atoms with van der Waals surface area (Å²) in [4.78, 5) is 23.6. The van der Waals surface area contributed by atoms with Crippen LogP contribution in [0.2, 0.25) is 0 Å². The van der Waals surface area contributed by atoms with E-state index in [-0.39, 0.29) is 11.9 Å². The highest BCUT2D eigenvalue weighted by Gasteiger charge is 2.18. The number of hydrogen-bond donors (Lipinski definition) is 2. The third-order valence-corrected chi connectivity index (χ3v) is 4.54. The summed E-state index contributed by atoms with van der Waals surface area (Å²) >= 11 is 0. The molecule has 0 bridgehead atoms. The number of ether oxygens (including phenoxy) is 1. The van der Waals surface area contributed by atoms with Crippen LogP contribution >= 0.6 is 0 Å². The van der Waals surface area contributed by atoms with Crippen molar-refractivity contribution in [3.63, 3.8) is 0 Å². The first-order chi connectivity index (χ1) is 13.0. The number of nitrogens with one attached hydrogen (secondary N) is 2. The molecule has 7 heteroatoms. The molecule has 27 heavy (non-hydrogen) atoms. The fraction of sp³-hybridized carbons (Fsp3) is 0.450. The number of hydrogen-bond acceptors (Lipinski definition) is 6. The first-order valence-corrected chi connectivity index (χ1v) is 9.29. The van der Waals surface area contributed by atoms with E-state index in [0.717, 1.165) is 38.5 Å². The van der Waals surface area contributed by atoms with Crippen LogP contribution in [0.4, 0.5) is 11.6 Å². The average Bonchev–Trinajstić information content (AvgIpc) is 2.64. The molecular formula is C20H27N5O2. The Kier molecular flexibility index (Phi) is 6.36. The third-order valence-electron chi connectivity index (χ3n) is 4.54. The van der Waals surface area contributed by atoms with Crippen molar-refractivity contribution >= 4 is 17.5 Å². The lowest BCUT2D eigenvalue weighted by Gasteiger charge is -2.29. The summed E-state index contributed by atoms with van der Waals surface area (Å²) in [5, 5.41) is 6.20. The molecular weight excluding hydrogens is 342 g/mol. The molecule has 0 saturated carbocycles. The van der Waals surface area contributed by atoms with E-state index in [1.807, 2.05) is 45.0 Å². The number of amides is 1. The van der Waals surface area contributed by atoms with Gasteiger partial charge in [-0.05, 0) is 32.9 Å². The summed E-state index contributed by atoms with van der Waals surface area (Å²) in [7, 11) is 0. The van der Waals surface area contributed by atoms with Crippen LogP contribution in [0.3, 0.4) is 0 Å². The normalized spacial score (nSPS) is 16.0. The second-order valence-electron chi connectivity index (χ2n) is 6.97. The van der Waals surface area contributed by atoms with Gasteiger partial charge in [-0.25, -0.2) is 9.97 Å². The molecule has 1 aromatic carbocycles. The topological polar surface area (TPSA) is 79.4 Å². The Morgan fingerprint density at radius 1 is 1.22 bits per heavy atom. The van der Waals surface area contributed by atoms with Gasteiger partial charge in [-0.2, -0.15) is 0 Å². The molecule has 1 saturated heterocycles. The van der Waals surface area contributed by atoms with E-state index in [4.69, 9.17) is 4.74 Å². The highest BCUT2D eigenvalue weighted by atomic mass is 16.5. The van der Waals surface area contributed by atoms with Crippen LogP contribution in [-0.2, 0) is 4.74 Å². The molecule has 7 nitrogen and oxygen atoms in total. The SMILES string of the molecule is Cc1ccc(Nc2ncc(C(=O)NC(C)CN3CCOCC3)c(C)n2)cc1. The molecule has 0 radical (unpaired) electrons. The van der Waals surface area contributed by atoms with Gasteiger partial charge in [-0.15, -0.1) is 0 Å². The van der Waals surface area contributed by atoms with Crippen LogP contribution in [0.15, 0.2) is 30.5 Å². The van der Waals surface area contributed by atoms with Crippen LogP contribution in [0.1, 0.15) is 28.5 Å². The van der Waals surface area contributed by atoms with E-state index in [9.17, 15) is 4.79 Å². The third kappa shape index (κ3) is 5.48. The zero-order valence-electron chi connectivity index (χ0n) is 16.2. The number of aryl methyl sites for hydroxylation is 2. The first-order valence-electron chi connectivity index (χ1n) is 9.29. The van der Waals surface area contributed by atoms with Gasteiger partial charge in [0.25, 0.3) is 5.91 Å². The lowest BCUT2D eigenvalue weighted by Crippen LogP contribution is -2.46. The molecule has 2 N–H and O–H groups in total. The standard InChI is InChI=1S/C20H27N5O2/c1-14-4-6-17(7-5-14)24-20-21-12-18(16(3)23-20)19(26)22-15(2)13-25-8-10-27-11-9-25/h4-7,12,15H,8-11,13H2,1-3H3,(H,22,26)(H,21,23,24). The zero-order valence-corrected chi connectivity index (χ0v) is 16.2. The lowest BCUT2D eigenvalue weighted by molar-refractivity contribution is 0.0342. The van der Waals surface area contributed by atoms with Gasteiger partial charge in [0.1, 0.15) is 0 Å². The van der Waals surface area contributed by atoms with Crippen molar-refractivity contribution in [1.82, 2.24) is 20.2 Å². The summed E-state index contributed by atoms with van der Waals surface area (Å²) in [5.74, 6) is 0.337. The van der Waals surface area contributed by atoms with Gasteiger partial charge < -0.3 is 15.4 Å². The fourth-order valence-electron chi connectivity index (χ4n) is 3.03. The number of nitrogens with zero attached hydrogens (tertiary/aromatic N) is 3. The number of carbonyl (C=O) groups excluding carboxylic acids is 1. The molecule has 1 amide bonds. The van der Waals surface area contributed by atoms with Gasteiger partial charge in [-0.1, -0.05) is 17.7 Å². The molecule has 1 unspecified atom stereocenters. The van der Waals surface area contributed by atoms with Crippen molar-refractivity contribution < 1.29 is 9.53 Å². The smallest absolute Gasteiger partial charge is 0.254 e. The van der Waals surface area contributed by atoms with Crippen molar-refractivity contribution in [3.05, 3.63) is 47.3 Å². The lowest BCUT2D eigenvalue weighted by atomic mass is 10.2. The minimum atomic E-state index is -0.143. The van der Waals surface area contributed by atoms with E-state index >= 15 is 0 Å². The summed E-state index contributed by atoms with van der Waals surface area (Å²) in [6.45, 7) is 10.00. The van der Waals surface area contributed by atoms with E-state index in [1.54, 1.807) is 6.20 Å². The first kappa shape index (κ1) is 19.3. The number of benzene rings is 1. The van der Waals surface area contributed by atoms with Crippen molar-refractivity contribution in [1.29, 1.82) is 0 Å². The number of rotatable bonds is 6. The molecule has 1 aliphatic heterocycles. The van der Waals surface area contributed by atoms with Gasteiger partial charge in [0.15, 0.2) is 0 Å². The molecule has 2 heterocycles. The van der Waals surface area contributed by atoms with E-state index in [2.05, 4.69) is 25.5 Å². The number of carbonyl (C=O) groups is 1. The maximum absolute atomic E-state index is 12.6. The van der Waals surface area contributed by atoms with Crippen molar-refractivity contribution in [3.8, 4) is 0 Å². The fourth-order valence-corrected chi connectivity index (χ4v) is 3.03. The minimum absolute atomic E-state index is 0.0420. The van der Waals surface area contributed by atoms with Crippen molar-refractivity contribution in [2.45, 2.75) is 26.8 Å². The second kappa shape index (κ2) is 8.92. The quantitative estimate of drug-likeness (QED) is 0.813. The van der Waals surface area contributed by atoms with Crippen molar-refractivity contribution in [2.75, 3.05) is 38.2 Å². The van der Waals surface area contributed by atoms with Gasteiger partial charge in [-0.3, -0.25) is 9.69 Å². The van der Waals surface area contributed by atoms with Crippen LogP contribution in [0.5, 0.6) is 0 Å². The van der Waals surface area contributed by atoms with E-state index < -0.39 is 0 Å².